The standard InChI is InChI=1S/C23H32N4O7/c1-15(2)13-27-21(24)20(22(30)25-23(27)31)26(10-12-32-4)18(28)14-34-19(29)9-11-33-17-8-6-5-7-16(17)3/h5-8,15H,9-14,24H2,1-4H3,(H,25,30,31). The number of hydrogen-bond donors (Lipinski definition) is 2. The molecule has 0 bridgehead atoms. The third-order valence-corrected chi connectivity index (χ3v) is 4.87. The number of anilines is 2. The predicted molar refractivity (Wildman–Crippen MR) is 127 cm³/mol. The summed E-state index contributed by atoms with van der Waals surface area (Å²) in [5.74, 6) is -0.754. The lowest BCUT2D eigenvalue weighted by Gasteiger charge is -2.24. The van der Waals surface area contributed by atoms with E-state index in [0.29, 0.717) is 5.75 Å². The first-order chi connectivity index (χ1) is 16.1. The molecular formula is C23H32N4O7. The van der Waals surface area contributed by atoms with Crippen LogP contribution in [0.5, 0.6) is 5.75 Å². The summed E-state index contributed by atoms with van der Waals surface area (Å²) in [6.45, 7) is 5.42. The lowest BCUT2D eigenvalue weighted by atomic mass is 10.2. The van der Waals surface area contributed by atoms with Gasteiger partial charge in [0.15, 0.2) is 12.3 Å². The quantitative estimate of drug-likeness (QED) is 0.433. The number of aromatic amines is 1. The average Bonchev–Trinajstić information content (AvgIpc) is 2.78. The number of para-hydroxylation sites is 1. The second-order valence-corrected chi connectivity index (χ2v) is 8.06. The minimum Gasteiger partial charge on any atom is -0.493 e. The SMILES string of the molecule is COCCN(C(=O)COC(=O)CCOc1ccccc1C)c1c(N)n(CC(C)C)c(=O)[nH]c1=O. The Kier molecular flexibility index (Phi) is 9.87. The molecule has 1 heterocycles. The molecule has 0 spiro atoms. The molecular weight excluding hydrogens is 444 g/mol. The summed E-state index contributed by atoms with van der Waals surface area (Å²) in [5.41, 5.74) is 5.37. The zero-order chi connectivity index (χ0) is 25.3. The molecule has 0 aliphatic carbocycles. The van der Waals surface area contributed by atoms with Gasteiger partial charge in [-0.1, -0.05) is 32.0 Å². The van der Waals surface area contributed by atoms with Gasteiger partial charge in [0.2, 0.25) is 0 Å². The highest BCUT2D eigenvalue weighted by Gasteiger charge is 2.25. The summed E-state index contributed by atoms with van der Waals surface area (Å²) in [6, 6.07) is 7.38. The van der Waals surface area contributed by atoms with Crippen molar-refractivity contribution in [1.29, 1.82) is 0 Å². The summed E-state index contributed by atoms with van der Waals surface area (Å²) >= 11 is 0. The number of rotatable bonds is 12. The minimum absolute atomic E-state index is 0.0313. The van der Waals surface area contributed by atoms with Gasteiger partial charge in [-0.3, -0.25) is 28.8 Å². The third kappa shape index (κ3) is 7.20. The van der Waals surface area contributed by atoms with E-state index in [0.717, 1.165) is 10.5 Å². The van der Waals surface area contributed by atoms with Crippen LogP contribution in [0.15, 0.2) is 33.9 Å². The Labute approximate surface area is 197 Å². The average molecular weight is 477 g/mol. The molecule has 2 rings (SSSR count). The number of esters is 1. The number of ether oxygens (including phenoxy) is 3. The van der Waals surface area contributed by atoms with Crippen LogP contribution in [0.4, 0.5) is 11.5 Å². The normalized spacial score (nSPS) is 10.9. The van der Waals surface area contributed by atoms with E-state index >= 15 is 0 Å². The van der Waals surface area contributed by atoms with Gasteiger partial charge in [0.1, 0.15) is 11.6 Å². The summed E-state index contributed by atoms with van der Waals surface area (Å²) in [4.78, 5) is 53.0. The maximum atomic E-state index is 12.9. The smallest absolute Gasteiger partial charge is 0.330 e. The fourth-order valence-corrected chi connectivity index (χ4v) is 3.18. The topological polar surface area (TPSA) is 146 Å². The van der Waals surface area contributed by atoms with Crippen LogP contribution >= 0.6 is 0 Å². The molecule has 0 aliphatic rings. The molecule has 0 unspecified atom stereocenters. The maximum Gasteiger partial charge on any atom is 0.330 e. The molecule has 1 aromatic heterocycles. The molecule has 11 nitrogen and oxygen atoms in total. The molecule has 0 radical (unpaired) electrons. The van der Waals surface area contributed by atoms with Crippen LogP contribution in [-0.2, 0) is 25.6 Å². The van der Waals surface area contributed by atoms with Crippen molar-refractivity contribution in [2.24, 2.45) is 5.92 Å². The van der Waals surface area contributed by atoms with Gasteiger partial charge in [-0.05, 0) is 24.5 Å². The number of H-pyrrole nitrogens is 1. The van der Waals surface area contributed by atoms with Crippen LogP contribution < -0.4 is 26.6 Å². The van der Waals surface area contributed by atoms with Crippen molar-refractivity contribution in [1.82, 2.24) is 9.55 Å². The first-order valence-electron chi connectivity index (χ1n) is 10.9. The van der Waals surface area contributed by atoms with Crippen molar-refractivity contribution in [3.63, 3.8) is 0 Å². The number of aromatic nitrogens is 2. The fraction of sp³-hybridized carbons (Fsp3) is 0.478. The highest BCUT2D eigenvalue weighted by molar-refractivity contribution is 5.97. The summed E-state index contributed by atoms with van der Waals surface area (Å²) in [5, 5.41) is 0. The number of hydrogen-bond acceptors (Lipinski definition) is 8. The van der Waals surface area contributed by atoms with Gasteiger partial charge in [0, 0.05) is 20.2 Å². The molecule has 11 heteroatoms. The third-order valence-electron chi connectivity index (χ3n) is 4.87. The Morgan fingerprint density at radius 3 is 2.53 bits per heavy atom. The lowest BCUT2D eigenvalue weighted by Crippen LogP contribution is -2.44. The van der Waals surface area contributed by atoms with Crippen molar-refractivity contribution >= 4 is 23.4 Å². The zero-order valence-electron chi connectivity index (χ0n) is 20.0. The van der Waals surface area contributed by atoms with Crippen LogP contribution in [0.25, 0.3) is 0 Å². The number of benzene rings is 1. The number of carbonyl (C=O) groups is 2. The molecule has 2 aromatic rings. The molecule has 1 aromatic carbocycles. The molecule has 34 heavy (non-hydrogen) atoms. The number of nitrogens with two attached hydrogens (primary N) is 1. The monoisotopic (exact) mass is 476 g/mol. The number of aryl methyl sites for hydroxylation is 1. The number of nitrogen functional groups attached to an aromatic ring is 1. The van der Waals surface area contributed by atoms with E-state index < -0.39 is 29.7 Å². The van der Waals surface area contributed by atoms with Crippen molar-refractivity contribution in [3.8, 4) is 5.75 Å². The van der Waals surface area contributed by atoms with E-state index in [1.165, 1.54) is 11.7 Å². The summed E-state index contributed by atoms with van der Waals surface area (Å²) in [7, 11) is 1.43. The first-order valence-corrected chi connectivity index (χ1v) is 10.9. The van der Waals surface area contributed by atoms with Crippen LogP contribution in [0.1, 0.15) is 25.8 Å². The molecule has 186 valence electrons. The molecule has 3 N–H and O–H groups in total. The molecule has 0 atom stereocenters. The highest BCUT2D eigenvalue weighted by Crippen LogP contribution is 2.18. The first kappa shape index (κ1) is 26.7. The van der Waals surface area contributed by atoms with Gasteiger partial charge < -0.3 is 19.9 Å². The molecule has 0 saturated heterocycles. The lowest BCUT2D eigenvalue weighted by molar-refractivity contribution is -0.148. The van der Waals surface area contributed by atoms with Gasteiger partial charge in [-0.25, -0.2) is 4.79 Å². The number of nitrogens with zero attached hydrogens (tertiary/aromatic N) is 2. The maximum absolute atomic E-state index is 12.9. The predicted octanol–water partition coefficient (Wildman–Crippen LogP) is 1.07. The van der Waals surface area contributed by atoms with Gasteiger partial charge in [0.25, 0.3) is 11.5 Å². The Balaban J connectivity index is 2.09. The van der Waals surface area contributed by atoms with E-state index in [2.05, 4.69) is 4.98 Å². The van der Waals surface area contributed by atoms with E-state index in [1.54, 1.807) is 6.07 Å². The molecule has 0 saturated carbocycles. The van der Waals surface area contributed by atoms with Crippen LogP contribution in [-0.4, -0.2) is 54.9 Å². The molecule has 0 fully saturated rings. The summed E-state index contributed by atoms with van der Waals surface area (Å²) in [6.07, 6.45) is -0.0678. The van der Waals surface area contributed by atoms with Crippen molar-refractivity contribution in [2.45, 2.75) is 33.7 Å². The van der Waals surface area contributed by atoms with Crippen LogP contribution in [0.2, 0.25) is 0 Å². The molecule has 0 aliphatic heterocycles. The van der Waals surface area contributed by atoms with E-state index in [4.69, 9.17) is 19.9 Å². The number of methoxy groups -OCH3 is 1. The van der Waals surface area contributed by atoms with Crippen molar-refractivity contribution < 1.29 is 23.8 Å². The fourth-order valence-electron chi connectivity index (χ4n) is 3.18. The van der Waals surface area contributed by atoms with Gasteiger partial charge >= 0.3 is 11.7 Å². The Morgan fingerprint density at radius 1 is 1.18 bits per heavy atom. The number of nitrogens with one attached hydrogen (secondary N) is 1. The minimum atomic E-state index is -0.815. The van der Waals surface area contributed by atoms with Crippen molar-refractivity contribution in [3.05, 3.63) is 50.7 Å². The van der Waals surface area contributed by atoms with Gasteiger partial charge in [-0.15, -0.1) is 0 Å². The highest BCUT2D eigenvalue weighted by atomic mass is 16.5. The second-order valence-electron chi connectivity index (χ2n) is 8.06. The van der Waals surface area contributed by atoms with Gasteiger partial charge in [-0.2, -0.15) is 0 Å². The van der Waals surface area contributed by atoms with E-state index in [9.17, 15) is 19.2 Å². The molecule has 1 amide bonds. The van der Waals surface area contributed by atoms with Crippen molar-refractivity contribution in [2.75, 3.05) is 44.1 Å². The summed E-state index contributed by atoms with van der Waals surface area (Å²) < 4.78 is 16.9. The second kappa shape index (κ2) is 12.6. The van der Waals surface area contributed by atoms with Crippen LogP contribution in [0, 0.1) is 12.8 Å². The van der Waals surface area contributed by atoms with E-state index in [1.807, 2.05) is 39.0 Å². The van der Waals surface area contributed by atoms with E-state index in [-0.39, 0.29) is 50.1 Å². The largest absolute Gasteiger partial charge is 0.493 e. The van der Waals surface area contributed by atoms with Crippen LogP contribution in [0.3, 0.4) is 0 Å². The number of amides is 1. The number of carbonyl (C=O) groups excluding carboxylic acids is 2. The Morgan fingerprint density at radius 2 is 1.88 bits per heavy atom. The van der Waals surface area contributed by atoms with Gasteiger partial charge in [0.05, 0.1) is 19.6 Å². The Bertz CT molecular complexity index is 1110. The zero-order valence-corrected chi connectivity index (χ0v) is 20.0. The Hall–Kier alpha value is -3.60.